The molecular formula is C18H26N6O2S. The number of anilines is 3. The fourth-order valence-corrected chi connectivity index (χ4v) is 2.91. The number of nitrogens with two attached hydrogens (primary N) is 1. The molecule has 1 heterocycles. The number of para-hydroxylation sites is 2. The van der Waals surface area contributed by atoms with E-state index in [9.17, 15) is 4.79 Å². The summed E-state index contributed by atoms with van der Waals surface area (Å²) in [6, 6.07) is 7.44. The molecule has 0 bridgehead atoms. The Morgan fingerprint density at radius 3 is 2.63 bits per heavy atom. The lowest BCUT2D eigenvalue weighted by Crippen LogP contribution is -2.44. The molecule has 8 nitrogen and oxygen atoms in total. The van der Waals surface area contributed by atoms with E-state index in [1.54, 1.807) is 7.11 Å². The van der Waals surface area contributed by atoms with Crippen molar-refractivity contribution in [3.8, 4) is 5.75 Å². The predicted octanol–water partition coefficient (Wildman–Crippen LogP) is 2.74. The first kappa shape index (κ1) is 20.8. The first-order chi connectivity index (χ1) is 12.7. The Balaban J connectivity index is 2.05. The molecule has 0 saturated carbocycles. The van der Waals surface area contributed by atoms with E-state index in [4.69, 9.17) is 10.5 Å². The van der Waals surface area contributed by atoms with Crippen molar-refractivity contribution < 1.29 is 9.53 Å². The van der Waals surface area contributed by atoms with E-state index in [0.29, 0.717) is 23.3 Å². The van der Waals surface area contributed by atoms with Gasteiger partial charge in [0.15, 0.2) is 0 Å². The Labute approximate surface area is 163 Å². The number of thioether (sulfide) groups is 1. The summed E-state index contributed by atoms with van der Waals surface area (Å²) in [7, 11) is 1.59. The van der Waals surface area contributed by atoms with Gasteiger partial charge in [0.25, 0.3) is 0 Å². The lowest BCUT2D eigenvalue weighted by molar-refractivity contribution is -0.121. The first-order valence-electron chi connectivity index (χ1n) is 8.52. The Hall–Kier alpha value is -2.55. The van der Waals surface area contributed by atoms with Crippen LogP contribution in [0.2, 0.25) is 0 Å². The van der Waals surface area contributed by atoms with Crippen LogP contribution < -0.4 is 21.1 Å². The molecule has 1 atom stereocenters. The Bertz CT molecular complexity index is 794. The molecule has 0 spiro atoms. The fraction of sp³-hybridized carbons (Fsp3) is 0.444. The van der Waals surface area contributed by atoms with E-state index in [-0.39, 0.29) is 22.6 Å². The maximum atomic E-state index is 12.2. The van der Waals surface area contributed by atoms with E-state index in [1.165, 1.54) is 11.8 Å². The van der Waals surface area contributed by atoms with Crippen molar-refractivity contribution in [3.05, 3.63) is 30.1 Å². The minimum Gasteiger partial charge on any atom is -0.495 e. The zero-order chi connectivity index (χ0) is 20.0. The third-order valence-corrected chi connectivity index (χ3v) is 4.52. The molecule has 146 valence electrons. The highest BCUT2D eigenvalue weighted by Crippen LogP contribution is 2.26. The van der Waals surface area contributed by atoms with Crippen LogP contribution in [0.5, 0.6) is 5.75 Å². The second kappa shape index (κ2) is 8.90. The van der Waals surface area contributed by atoms with Crippen LogP contribution in [0.3, 0.4) is 0 Å². The van der Waals surface area contributed by atoms with Gasteiger partial charge in [-0.15, -0.1) is 11.8 Å². The number of nitrogens with zero attached hydrogens (tertiary/aromatic N) is 3. The average molecular weight is 391 g/mol. The molecule has 2 aromatic rings. The van der Waals surface area contributed by atoms with Crippen molar-refractivity contribution in [1.29, 1.82) is 0 Å². The van der Waals surface area contributed by atoms with Crippen molar-refractivity contribution in [3.63, 3.8) is 0 Å². The molecule has 9 heteroatoms. The molecule has 0 saturated heterocycles. The first-order valence-corrected chi connectivity index (χ1v) is 9.57. The molecule has 0 aliphatic heterocycles. The third kappa shape index (κ3) is 6.59. The van der Waals surface area contributed by atoms with Gasteiger partial charge >= 0.3 is 0 Å². The summed E-state index contributed by atoms with van der Waals surface area (Å²) in [5.41, 5.74) is 6.27. The molecule has 1 aromatic heterocycles. The Kier molecular flexibility index (Phi) is 6.84. The van der Waals surface area contributed by atoms with E-state index in [2.05, 4.69) is 25.6 Å². The van der Waals surface area contributed by atoms with Gasteiger partial charge in [0.2, 0.25) is 17.8 Å². The van der Waals surface area contributed by atoms with Crippen molar-refractivity contribution in [2.24, 2.45) is 0 Å². The minimum atomic E-state index is -0.269. The van der Waals surface area contributed by atoms with Crippen LogP contribution in [0.15, 0.2) is 24.3 Å². The van der Waals surface area contributed by atoms with Crippen LogP contribution in [0.4, 0.5) is 17.6 Å². The molecule has 2 rings (SSSR count). The molecule has 27 heavy (non-hydrogen) atoms. The summed E-state index contributed by atoms with van der Waals surface area (Å²) in [6.07, 6.45) is 0. The van der Waals surface area contributed by atoms with E-state index in [0.717, 1.165) is 5.69 Å². The number of hydrogen-bond donors (Lipinski definition) is 3. The second-order valence-electron chi connectivity index (χ2n) is 6.95. The zero-order valence-electron chi connectivity index (χ0n) is 16.2. The highest BCUT2D eigenvalue weighted by atomic mass is 32.2. The number of amides is 1. The number of nitrogen functional groups attached to an aromatic ring is 1. The SMILES string of the molecule is COc1ccccc1Nc1nc(N)nc(CSC(C)C(=O)NC(C)(C)C)n1. The summed E-state index contributed by atoms with van der Waals surface area (Å²) in [5.74, 6) is 2.02. The molecule has 0 aliphatic carbocycles. The number of carbonyl (C=O) groups is 1. The topological polar surface area (TPSA) is 115 Å². The third-order valence-electron chi connectivity index (χ3n) is 3.38. The number of carbonyl (C=O) groups excluding carboxylic acids is 1. The van der Waals surface area contributed by atoms with Crippen molar-refractivity contribution in [2.75, 3.05) is 18.2 Å². The van der Waals surface area contributed by atoms with Crippen molar-refractivity contribution in [2.45, 2.75) is 44.2 Å². The van der Waals surface area contributed by atoms with Crippen LogP contribution in [0.1, 0.15) is 33.5 Å². The van der Waals surface area contributed by atoms with Gasteiger partial charge < -0.3 is 21.1 Å². The van der Waals surface area contributed by atoms with Crippen LogP contribution >= 0.6 is 11.8 Å². The van der Waals surface area contributed by atoms with Gasteiger partial charge in [0, 0.05) is 5.54 Å². The minimum absolute atomic E-state index is 0.0260. The molecule has 1 unspecified atom stereocenters. The predicted molar refractivity (Wildman–Crippen MR) is 109 cm³/mol. The van der Waals surface area contributed by atoms with E-state index in [1.807, 2.05) is 52.0 Å². The molecule has 0 radical (unpaired) electrons. The number of benzene rings is 1. The van der Waals surface area contributed by atoms with E-state index >= 15 is 0 Å². The van der Waals surface area contributed by atoms with Gasteiger partial charge in [-0.3, -0.25) is 4.79 Å². The molecule has 0 fully saturated rings. The van der Waals surface area contributed by atoms with Crippen LogP contribution in [0, 0.1) is 0 Å². The lowest BCUT2D eigenvalue weighted by atomic mass is 10.1. The smallest absolute Gasteiger partial charge is 0.233 e. The monoisotopic (exact) mass is 390 g/mol. The number of aromatic nitrogens is 3. The van der Waals surface area contributed by atoms with Crippen molar-refractivity contribution in [1.82, 2.24) is 20.3 Å². The molecule has 0 aliphatic rings. The summed E-state index contributed by atoms with van der Waals surface area (Å²) < 4.78 is 5.31. The number of methoxy groups -OCH3 is 1. The quantitative estimate of drug-likeness (QED) is 0.661. The summed E-state index contributed by atoms with van der Waals surface area (Å²) in [6.45, 7) is 7.70. The van der Waals surface area contributed by atoms with Gasteiger partial charge in [-0.05, 0) is 39.8 Å². The Morgan fingerprint density at radius 2 is 1.96 bits per heavy atom. The van der Waals surface area contributed by atoms with Gasteiger partial charge in [-0.2, -0.15) is 15.0 Å². The Morgan fingerprint density at radius 1 is 1.26 bits per heavy atom. The number of ether oxygens (including phenoxy) is 1. The molecular weight excluding hydrogens is 364 g/mol. The van der Waals surface area contributed by atoms with Gasteiger partial charge in [0.05, 0.1) is 23.8 Å². The van der Waals surface area contributed by atoms with Crippen LogP contribution in [-0.4, -0.2) is 38.8 Å². The summed E-state index contributed by atoms with van der Waals surface area (Å²) >= 11 is 1.44. The normalized spacial score (nSPS) is 12.3. The average Bonchev–Trinajstić information content (AvgIpc) is 2.58. The number of hydrogen-bond acceptors (Lipinski definition) is 8. The van der Waals surface area contributed by atoms with Gasteiger partial charge in [-0.1, -0.05) is 12.1 Å². The maximum Gasteiger partial charge on any atom is 0.233 e. The number of nitrogens with one attached hydrogen (secondary N) is 2. The highest BCUT2D eigenvalue weighted by Gasteiger charge is 2.20. The standard InChI is InChI=1S/C18H26N6O2S/c1-11(15(25)24-18(2,3)4)27-10-14-21-16(19)23-17(22-14)20-12-8-6-7-9-13(12)26-5/h6-9,11H,10H2,1-5H3,(H,24,25)(H3,19,20,21,22,23). The molecule has 1 amide bonds. The van der Waals surface area contributed by atoms with Gasteiger partial charge in [-0.25, -0.2) is 0 Å². The maximum absolute atomic E-state index is 12.2. The summed E-state index contributed by atoms with van der Waals surface area (Å²) in [5, 5.41) is 5.81. The van der Waals surface area contributed by atoms with E-state index < -0.39 is 0 Å². The van der Waals surface area contributed by atoms with Gasteiger partial charge in [0.1, 0.15) is 11.6 Å². The van der Waals surface area contributed by atoms with Crippen molar-refractivity contribution >= 4 is 35.3 Å². The summed E-state index contributed by atoms with van der Waals surface area (Å²) in [4.78, 5) is 24.8. The fourth-order valence-electron chi connectivity index (χ4n) is 2.17. The second-order valence-corrected chi connectivity index (χ2v) is 8.28. The van der Waals surface area contributed by atoms with Crippen LogP contribution in [0.25, 0.3) is 0 Å². The highest BCUT2D eigenvalue weighted by molar-refractivity contribution is 7.99. The lowest BCUT2D eigenvalue weighted by Gasteiger charge is -2.22. The molecule has 4 N–H and O–H groups in total. The molecule has 1 aromatic carbocycles. The largest absolute Gasteiger partial charge is 0.495 e. The van der Waals surface area contributed by atoms with Crippen LogP contribution in [-0.2, 0) is 10.5 Å². The zero-order valence-corrected chi connectivity index (χ0v) is 17.1. The number of rotatable bonds is 7.